The second-order valence-corrected chi connectivity index (χ2v) is 3.39. The Kier molecular flexibility index (Phi) is 2.83. The van der Waals surface area contributed by atoms with Gasteiger partial charge >= 0.3 is 5.82 Å². The third-order valence-electron chi connectivity index (χ3n) is 2.16. The molecule has 0 aliphatic heterocycles. The lowest BCUT2D eigenvalue weighted by Gasteiger charge is -1.99. The Morgan fingerprint density at radius 2 is 2.12 bits per heavy atom. The summed E-state index contributed by atoms with van der Waals surface area (Å²) in [7, 11) is 0. The summed E-state index contributed by atoms with van der Waals surface area (Å²) in [4.78, 5) is 14.1. The van der Waals surface area contributed by atoms with Crippen molar-refractivity contribution in [2.45, 2.75) is 0 Å². The Morgan fingerprint density at radius 3 is 2.81 bits per heavy atom. The van der Waals surface area contributed by atoms with Crippen molar-refractivity contribution >= 4 is 34.4 Å². The lowest BCUT2D eigenvalue weighted by molar-refractivity contribution is -0.389. The lowest BCUT2D eigenvalue weighted by atomic mass is 10.1. The van der Waals surface area contributed by atoms with Crippen LogP contribution in [0.2, 0.25) is 0 Å². The van der Waals surface area contributed by atoms with Crippen molar-refractivity contribution in [2.75, 3.05) is 0 Å². The predicted octanol–water partition coefficient (Wildman–Crippen LogP) is 3.35. The molecule has 0 amide bonds. The average Bonchev–Trinajstić information content (AvgIpc) is 2.29. The molecular formula is C11H7ClN2O2. The van der Waals surface area contributed by atoms with Crippen molar-refractivity contribution in [3.63, 3.8) is 0 Å². The van der Waals surface area contributed by atoms with Crippen molar-refractivity contribution < 1.29 is 4.92 Å². The monoisotopic (exact) mass is 234 g/mol. The molecule has 0 unspecified atom stereocenters. The van der Waals surface area contributed by atoms with Gasteiger partial charge in [-0.25, -0.2) is 0 Å². The van der Waals surface area contributed by atoms with E-state index in [4.69, 9.17) is 11.6 Å². The normalized spacial score (nSPS) is 11.1. The summed E-state index contributed by atoms with van der Waals surface area (Å²) in [5.74, 6) is -0.177. The molecule has 0 aliphatic rings. The van der Waals surface area contributed by atoms with Crippen LogP contribution in [0.1, 0.15) is 5.56 Å². The largest absolute Gasteiger partial charge is 0.364 e. The maximum Gasteiger partial charge on any atom is 0.364 e. The maximum atomic E-state index is 10.7. The van der Waals surface area contributed by atoms with E-state index in [-0.39, 0.29) is 5.82 Å². The quantitative estimate of drug-likeness (QED) is 0.591. The Bertz CT molecular complexity index is 581. The number of halogens is 1. The molecule has 1 aromatic heterocycles. The van der Waals surface area contributed by atoms with E-state index in [2.05, 4.69) is 4.98 Å². The van der Waals surface area contributed by atoms with E-state index in [9.17, 15) is 10.1 Å². The number of rotatable bonds is 2. The van der Waals surface area contributed by atoms with Gasteiger partial charge in [0, 0.05) is 17.0 Å². The summed E-state index contributed by atoms with van der Waals surface area (Å²) < 4.78 is 0. The van der Waals surface area contributed by atoms with E-state index in [0.717, 1.165) is 5.39 Å². The van der Waals surface area contributed by atoms with Gasteiger partial charge in [-0.2, -0.15) is 0 Å². The van der Waals surface area contributed by atoms with E-state index in [1.807, 2.05) is 12.1 Å². The van der Waals surface area contributed by atoms with Crippen molar-refractivity contribution in [3.8, 4) is 0 Å². The van der Waals surface area contributed by atoms with Gasteiger partial charge in [-0.05, 0) is 33.7 Å². The fraction of sp³-hybridized carbons (Fsp3) is 0. The van der Waals surface area contributed by atoms with Gasteiger partial charge in [-0.3, -0.25) is 0 Å². The van der Waals surface area contributed by atoms with Crippen LogP contribution >= 0.6 is 11.6 Å². The van der Waals surface area contributed by atoms with Crippen LogP contribution in [0.3, 0.4) is 0 Å². The molecule has 2 aromatic rings. The summed E-state index contributed by atoms with van der Waals surface area (Å²) in [6.45, 7) is 0. The Hall–Kier alpha value is -1.94. The van der Waals surface area contributed by atoms with Crippen molar-refractivity contribution in [3.05, 3.63) is 51.5 Å². The number of nitro groups is 1. The fourth-order valence-corrected chi connectivity index (χ4v) is 1.62. The zero-order valence-corrected chi connectivity index (χ0v) is 8.89. The maximum absolute atomic E-state index is 10.7. The van der Waals surface area contributed by atoms with Crippen LogP contribution in [0.25, 0.3) is 17.0 Å². The molecule has 0 fully saturated rings. The summed E-state index contributed by atoms with van der Waals surface area (Å²) in [5.41, 5.74) is 2.60. The molecule has 1 aromatic carbocycles. The first kappa shape index (κ1) is 10.6. The molecule has 16 heavy (non-hydrogen) atoms. The number of hydrogen-bond acceptors (Lipinski definition) is 3. The third kappa shape index (κ3) is 1.87. The minimum atomic E-state index is -0.516. The number of hydrogen-bond donors (Lipinski definition) is 0. The zero-order chi connectivity index (χ0) is 11.5. The highest BCUT2D eigenvalue weighted by molar-refractivity contribution is 6.27. The van der Waals surface area contributed by atoms with Gasteiger partial charge < -0.3 is 10.1 Å². The standard InChI is InChI=1S/C11H7ClN2O2/c12-6-5-8-7-11(14(15)16)13-10-4-2-1-3-9(8)10/h1-7H. The molecule has 0 bridgehead atoms. The molecule has 0 atom stereocenters. The van der Waals surface area contributed by atoms with Crippen LogP contribution in [0, 0.1) is 10.1 Å². The molecule has 4 nitrogen and oxygen atoms in total. The van der Waals surface area contributed by atoms with Gasteiger partial charge in [0.15, 0.2) is 5.52 Å². The topological polar surface area (TPSA) is 56.0 Å². The van der Waals surface area contributed by atoms with Crippen molar-refractivity contribution in [1.29, 1.82) is 0 Å². The molecule has 80 valence electrons. The van der Waals surface area contributed by atoms with E-state index in [0.29, 0.717) is 11.1 Å². The van der Waals surface area contributed by atoms with E-state index in [1.165, 1.54) is 11.6 Å². The average molecular weight is 235 g/mol. The molecule has 0 saturated carbocycles. The fourth-order valence-electron chi connectivity index (χ4n) is 1.49. The highest BCUT2D eigenvalue weighted by Gasteiger charge is 2.12. The lowest BCUT2D eigenvalue weighted by Crippen LogP contribution is -1.93. The summed E-state index contributed by atoms with van der Waals surface area (Å²) in [5, 5.41) is 11.5. The molecule has 0 spiro atoms. The van der Waals surface area contributed by atoms with Crippen LogP contribution in [0.15, 0.2) is 35.9 Å². The summed E-state index contributed by atoms with van der Waals surface area (Å²) >= 11 is 5.50. The Balaban J connectivity index is 2.78. The zero-order valence-electron chi connectivity index (χ0n) is 8.13. The van der Waals surface area contributed by atoms with Gasteiger partial charge in [0.1, 0.15) is 0 Å². The molecule has 0 radical (unpaired) electrons. The molecule has 0 saturated heterocycles. The number of para-hydroxylation sites is 1. The van der Waals surface area contributed by atoms with Gasteiger partial charge in [0.25, 0.3) is 0 Å². The minimum Gasteiger partial charge on any atom is -0.358 e. The van der Waals surface area contributed by atoms with Crippen LogP contribution in [0.5, 0.6) is 0 Å². The SMILES string of the molecule is O=[N+]([O-])c1cc(C=CCl)c2ccccc2n1. The van der Waals surface area contributed by atoms with Gasteiger partial charge in [0.05, 0.1) is 0 Å². The Labute approximate surface area is 96.3 Å². The van der Waals surface area contributed by atoms with Gasteiger partial charge in [-0.15, -0.1) is 0 Å². The van der Waals surface area contributed by atoms with E-state index in [1.54, 1.807) is 18.2 Å². The summed E-state index contributed by atoms with van der Waals surface area (Å²) in [6, 6.07) is 8.61. The van der Waals surface area contributed by atoms with E-state index < -0.39 is 4.92 Å². The molecule has 0 aliphatic carbocycles. The summed E-state index contributed by atoms with van der Waals surface area (Å²) in [6.07, 6.45) is 1.61. The molecular weight excluding hydrogens is 228 g/mol. The molecule has 1 heterocycles. The van der Waals surface area contributed by atoms with Gasteiger partial charge in [0.2, 0.25) is 0 Å². The first-order chi connectivity index (χ1) is 7.72. The second kappa shape index (κ2) is 4.28. The highest BCUT2D eigenvalue weighted by Crippen LogP contribution is 2.23. The number of nitrogens with zero attached hydrogens (tertiary/aromatic N) is 2. The van der Waals surface area contributed by atoms with Crippen LogP contribution in [0.4, 0.5) is 5.82 Å². The number of aromatic nitrogens is 1. The Morgan fingerprint density at radius 1 is 1.38 bits per heavy atom. The van der Waals surface area contributed by atoms with Crippen molar-refractivity contribution in [2.24, 2.45) is 0 Å². The second-order valence-electron chi connectivity index (χ2n) is 3.14. The number of benzene rings is 1. The first-order valence-corrected chi connectivity index (χ1v) is 4.97. The number of pyridine rings is 1. The van der Waals surface area contributed by atoms with Crippen molar-refractivity contribution in [1.82, 2.24) is 4.98 Å². The third-order valence-corrected chi connectivity index (χ3v) is 2.29. The molecule has 5 heteroatoms. The van der Waals surface area contributed by atoms with E-state index >= 15 is 0 Å². The molecule has 0 N–H and O–H groups in total. The molecule has 2 rings (SSSR count). The van der Waals surface area contributed by atoms with Gasteiger partial charge in [-0.1, -0.05) is 23.7 Å². The predicted molar refractivity (Wildman–Crippen MR) is 63.3 cm³/mol. The first-order valence-electron chi connectivity index (χ1n) is 4.53. The number of fused-ring (bicyclic) bond motifs is 1. The van der Waals surface area contributed by atoms with Crippen LogP contribution in [-0.2, 0) is 0 Å². The van der Waals surface area contributed by atoms with Crippen LogP contribution < -0.4 is 0 Å². The smallest absolute Gasteiger partial charge is 0.358 e. The minimum absolute atomic E-state index is 0.177. The van der Waals surface area contributed by atoms with Crippen LogP contribution in [-0.4, -0.2) is 9.91 Å². The highest BCUT2D eigenvalue weighted by atomic mass is 35.5.